The number of piperidine rings is 1. The van der Waals surface area contributed by atoms with Crippen molar-refractivity contribution in [1.82, 2.24) is 20.8 Å². The number of urea groups is 1. The predicted molar refractivity (Wildman–Crippen MR) is 78.5 cm³/mol. The van der Waals surface area contributed by atoms with Crippen molar-refractivity contribution in [2.24, 2.45) is 5.92 Å². The molecule has 0 aromatic carbocycles. The van der Waals surface area contributed by atoms with Gasteiger partial charge in [0.15, 0.2) is 0 Å². The van der Waals surface area contributed by atoms with Crippen LogP contribution < -0.4 is 10.8 Å². The summed E-state index contributed by atoms with van der Waals surface area (Å²) in [6, 6.07) is -2.05. The second-order valence-electron chi connectivity index (χ2n) is 6.15. The molecule has 3 rings (SSSR count). The maximum absolute atomic E-state index is 12.2. The molecule has 24 heavy (non-hydrogen) atoms. The van der Waals surface area contributed by atoms with Gasteiger partial charge in [0.25, 0.3) is 5.91 Å². The van der Waals surface area contributed by atoms with Crippen LogP contribution in [0.4, 0.5) is 4.79 Å². The van der Waals surface area contributed by atoms with Crippen molar-refractivity contribution >= 4 is 22.3 Å². The Morgan fingerprint density at radius 1 is 1.38 bits per heavy atom. The minimum atomic E-state index is -4.79. The third-order valence-corrected chi connectivity index (χ3v) is 4.80. The maximum Gasteiger partial charge on any atom is 0.418 e. The normalized spacial score (nSPS) is 30.0. The Bertz CT molecular complexity index is 607. The van der Waals surface area contributed by atoms with Gasteiger partial charge in [-0.15, -0.1) is 4.28 Å². The molecule has 0 aliphatic carbocycles. The number of rotatable bonds is 6. The van der Waals surface area contributed by atoms with Gasteiger partial charge in [0.2, 0.25) is 0 Å². The van der Waals surface area contributed by atoms with Crippen molar-refractivity contribution < 1.29 is 31.7 Å². The van der Waals surface area contributed by atoms with E-state index in [4.69, 9.17) is 9.39 Å². The fraction of sp³-hybridized carbons (Fsp3) is 0.833. The fourth-order valence-electron chi connectivity index (χ4n) is 3.26. The summed E-state index contributed by atoms with van der Waals surface area (Å²) in [4.78, 5) is 30.9. The highest BCUT2D eigenvalue weighted by Gasteiger charge is 2.49. The van der Waals surface area contributed by atoms with Crippen LogP contribution in [0.3, 0.4) is 0 Å². The monoisotopic (exact) mass is 364 g/mol. The molecule has 0 unspecified atom stereocenters. The first-order valence-corrected chi connectivity index (χ1v) is 9.11. The Morgan fingerprint density at radius 2 is 2.17 bits per heavy atom. The highest BCUT2D eigenvalue weighted by molar-refractivity contribution is 7.80. The number of amides is 3. The number of carbonyl (C=O) groups excluding carboxylic acids is 2. The molecular formula is C12H20N4O7S. The zero-order valence-electron chi connectivity index (χ0n) is 12.9. The van der Waals surface area contributed by atoms with E-state index in [-0.39, 0.29) is 6.54 Å². The lowest BCUT2D eigenvalue weighted by Crippen LogP contribution is -2.50. The fourth-order valence-corrected chi connectivity index (χ4v) is 3.65. The molecule has 0 aromatic rings. The minimum absolute atomic E-state index is 0.152. The van der Waals surface area contributed by atoms with Crippen molar-refractivity contribution in [2.45, 2.75) is 31.3 Å². The van der Waals surface area contributed by atoms with Gasteiger partial charge in [0.1, 0.15) is 6.04 Å². The van der Waals surface area contributed by atoms with Gasteiger partial charge in [-0.2, -0.15) is 13.5 Å². The van der Waals surface area contributed by atoms with Crippen molar-refractivity contribution in [3.8, 4) is 0 Å². The van der Waals surface area contributed by atoms with Gasteiger partial charge in [-0.25, -0.2) is 10.3 Å². The van der Waals surface area contributed by atoms with Crippen molar-refractivity contribution in [3.05, 3.63) is 0 Å². The highest BCUT2D eigenvalue weighted by Crippen LogP contribution is 2.30. The standard InChI is InChI=1S/C12H20N4O7S/c17-11(14-22-7-8-3-4-13-5-8)10-2-1-9-6-15(10)12(18)16(9)23-24(19,20)21/h8-10,13H,1-7H2,(H,14,17)(H,19,20,21)/t8-,9+,10-/m0/s1. The van der Waals surface area contributed by atoms with E-state index < -0.39 is 34.4 Å². The molecule has 3 aliphatic heterocycles. The van der Waals surface area contributed by atoms with Crippen LogP contribution in [0, 0.1) is 5.92 Å². The Morgan fingerprint density at radius 3 is 2.83 bits per heavy atom. The molecule has 0 spiro atoms. The molecule has 3 amide bonds. The minimum Gasteiger partial charge on any atom is -0.316 e. The third kappa shape index (κ3) is 3.78. The number of hydrogen-bond donors (Lipinski definition) is 3. The zero-order chi connectivity index (χ0) is 17.3. The summed E-state index contributed by atoms with van der Waals surface area (Å²) in [5.74, 6) is -0.116. The molecule has 0 aromatic heterocycles. The van der Waals surface area contributed by atoms with E-state index >= 15 is 0 Å². The topological polar surface area (TPSA) is 138 Å². The summed E-state index contributed by atoms with van der Waals surface area (Å²) in [5.41, 5.74) is 2.36. The number of hydroxylamine groups is 3. The van der Waals surface area contributed by atoms with E-state index in [1.807, 2.05) is 0 Å². The van der Waals surface area contributed by atoms with Gasteiger partial charge in [-0.05, 0) is 31.7 Å². The first kappa shape index (κ1) is 17.4. The van der Waals surface area contributed by atoms with Crippen LogP contribution >= 0.6 is 0 Å². The molecule has 136 valence electrons. The van der Waals surface area contributed by atoms with E-state index in [0.29, 0.717) is 30.4 Å². The van der Waals surface area contributed by atoms with Gasteiger partial charge in [-0.1, -0.05) is 0 Å². The molecule has 3 aliphatic rings. The van der Waals surface area contributed by atoms with Crippen molar-refractivity contribution in [3.63, 3.8) is 0 Å². The molecule has 0 saturated carbocycles. The lowest BCUT2D eigenvalue weighted by molar-refractivity contribution is -0.139. The summed E-state index contributed by atoms with van der Waals surface area (Å²) in [6.07, 6.45) is 1.71. The lowest BCUT2D eigenvalue weighted by atomic mass is 10.0. The van der Waals surface area contributed by atoms with Crippen LogP contribution in [-0.4, -0.2) is 73.2 Å². The van der Waals surface area contributed by atoms with E-state index in [9.17, 15) is 18.0 Å². The van der Waals surface area contributed by atoms with Crippen molar-refractivity contribution in [1.29, 1.82) is 0 Å². The third-order valence-electron chi connectivity index (χ3n) is 4.45. The molecular weight excluding hydrogens is 344 g/mol. The van der Waals surface area contributed by atoms with Gasteiger partial charge in [0.05, 0.1) is 12.6 Å². The van der Waals surface area contributed by atoms with E-state index in [1.165, 1.54) is 4.90 Å². The number of carbonyl (C=O) groups is 2. The van der Waals surface area contributed by atoms with Gasteiger partial charge in [-0.3, -0.25) is 14.2 Å². The molecule has 0 radical (unpaired) electrons. The highest BCUT2D eigenvalue weighted by atomic mass is 32.3. The Kier molecular flexibility index (Phi) is 4.92. The van der Waals surface area contributed by atoms with Gasteiger partial charge < -0.3 is 10.2 Å². The summed E-state index contributed by atoms with van der Waals surface area (Å²) in [5, 5.41) is 3.80. The number of nitrogens with zero attached hydrogens (tertiary/aromatic N) is 2. The number of hydrogen-bond acceptors (Lipinski definition) is 7. The first-order valence-electron chi connectivity index (χ1n) is 7.74. The largest absolute Gasteiger partial charge is 0.418 e. The summed E-state index contributed by atoms with van der Waals surface area (Å²) >= 11 is 0. The smallest absolute Gasteiger partial charge is 0.316 e. The maximum atomic E-state index is 12.2. The van der Waals surface area contributed by atoms with Crippen LogP contribution in [0.1, 0.15) is 19.3 Å². The Hall–Kier alpha value is -1.47. The van der Waals surface area contributed by atoms with E-state index in [0.717, 1.165) is 19.5 Å². The van der Waals surface area contributed by atoms with Crippen molar-refractivity contribution in [2.75, 3.05) is 26.2 Å². The number of nitrogens with one attached hydrogen (secondary N) is 2. The van der Waals surface area contributed by atoms with Crippen LogP contribution in [0.2, 0.25) is 0 Å². The molecule has 3 fully saturated rings. The molecule has 12 heteroatoms. The predicted octanol–water partition coefficient (Wildman–Crippen LogP) is -1.35. The zero-order valence-corrected chi connectivity index (χ0v) is 13.7. The average Bonchev–Trinajstić information content (AvgIpc) is 3.10. The Balaban J connectivity index is 1.54. The Labute approximate surface area is 139 Å². The summed E-state index contributed by atoms with van der Waals surface area (Å²) in [7, 11) is -4.79. The van der Waals surface area contributed by atoms with Gasteiger partial charge in [0, 0.05) is 13.1 Å². The lowest BCUT2D eigenvalue weighted by Gasteiger charge is -2.29. The second-order valence-corrected chi connectivity index (χ2v) is 7.15. The number of fused-ring (bicyclic) bond motifs is 2. The SMILES string of the molecule is O=C(NOC[C@H]1CCNC1)[C@@H]1CC[C@@H]2CN1C(=O)N2OS(=O)(=O)O. The average molecular weight is 364 g/mol. The second kappa shape index (κ2) is 6.80. The molecule has 11 nitrogen and oxygen atoms in total. The molecule has 3 heterocycles. The van der Waals surface area contributed by atoms with Crippen LogP contribution in [-0.2, 0) is 24.3 Å². The quantitative estimate of drug-likeness (QED) is 0.388. The van der Waals surface area contributed by atoms with E-state index in [2.05, 4.69) is 15.1 Å². The first-order chi connectivity index (χ1) is 11.3. The van der Waals surface area contributed by atoms with Crippen LogP contribution in [0.5, 0.6) is 0 Å². The summed E-state index contributed by atoms with van der Waals surface area (Å²) in [6.45, 7) is 2.31. The van der Waals surface area contributed by atoms with Crippen LogP contribution in [0.15, 0.2) is 0 Å². The molecule has 3 N–H and O–H groups in total. The van der Waals surface area contributed by atoms with Crippen LogP contribution in [0.25, 0.3) is 0 Å². The summed E-state index contributed by atoms with van der Waals surface area (Å²) < 4.78 is 34.7. The molecule has 3 atom stereocenters. The molecule has 2 bridgehead atoms. The van der Waals surface area contributed by atoms with E-state index in [1.54, 1.807) is 0 Å². The molecule has 3 saturated heterocycles. The van der Waals surface area contributed by atoms with Gasteiger partial charge >= 0.3 is 16.4 Å².